The summed E-state index contributed by atoms with van der Waals surface area (Å²) in [6.45, 7) is 14.8. The van der Waals surface area contributed by atoms with Gasteiger partial charge in [0.05, 0.1) is 23.9 Å². The molecule has 10 unspecified atom stereocenters. The first-order chi connectivity index (χ1) is 15.5. The summed E-state index contributed by atoms with van der Waals surface area (Å²) in [6.07, 6.45) is 15.1. The van der Waals surface area contributed by atoms with Gasteiger partial charge in [0.15, 0.2) is 0 Å². The highest BCUT2D eigenvalue weighted by molar-refractivity contribution is 5.29. The zero-order valence-electron chi connectivity index (χ0n) is 22.3. The van der Waals surface area contributed by atoms with Gasteiger partial charge in [0.25, 0.3) is 0 Å². The number of hydrogen-bond donors (Lipinski definition) is 1. The van der Waals surface area contributed by atoms with Crippen LogP contribution in [-0.2, 0) is 9.47 Å². The van der Waals surface area contributed by atoms with Crippen LogP contribution in [0, 0.1) is 45.3 Å². The minimum atomic E-state index is -0.100. The van der Waals surface area contributed by atoms with Crippen molar-refractivity contribution in [1.29, 1.82) is 0 Å². The van der Waals surface area contributed by atoms with Crippen molar-refractivity contribution in [2.75, 3.05) is 6.61 Å². The van der Waals surface area contributed by atoms with Crippen molar-refractivity contribution in [3.63, 3.8) is 0 Å². The Morgan fingerprint density at radius 1 is 0.909 bits per heavy atom. The summed E-state index contributed by atoms with van der Waals surface area (Å²) in [5, 5.41) is 10.8. The minimum absolute atomic E-state index is 0.0806. The van der Waals surface area contributed by atoms with Gasteiger partial charge in [0, 0.05) is 13.0 Å². The Kier molecular flexibility index (Phi) is 5.10. The molecule has 5 aliphatic carbocycles. The molecule has 0 amide bonds. The Labute approximate surface area is 202 Å². The van der Waals surface area contributed by atoms with E-state index in [2.05, 4.69) is 41.5 Å². The Bertz CT molecular complexity index is 789. The lowest BCUT2D eigenvalue weighted by Crippen LogP contribution is -2.54. The SMILES string of the molecule is CCOC(C)(C)CC1CCC2C(CC3C4CCC5C(C)(C)C(O)CCC56CC46CCC23C)O1. The van der Waals surface area contributed by atoms with Gasteiger partial charge < -0.3 is 14.6 Å². The molecule has 6 fully saturated rings. The topological polar surface area (TPSA) is 38.7 Å². The first-order valence-corrected chi connectivity index (χ1v) is 14.5. The van der Waals surface area contributed by atoms with Crippen molar-refractivity contribution in [3.8, 4) is 0 Å². The van der Waals surface area contributed by atoms with Gasteiger partial charge in [-0.2, -0.15) is 0 Å². The van der Waals surface area contributed by atoms with Crippen molar-refractivity contribution in [2.24, 2.45) is 45.3 Å². The highest BCUT2D eigenvalue weighted by atomic mass is 16.5. The second-order valence-electron chi connectivity index (χ2n) is 14.8. The average Bonchev–Trinajstić information content (AvgIpc) is 3.31. The normalized spacial score (nSPS) is 54.5. The van der Waals surface area contributed by atoms with Crippen LogP contribution in [0.15, 0.2) is 0 Å². The lowest BCUT2D eigenvalue weighted by molar-refractivity contribution is -0.139. The molecule has 1 heterocycles. The maximum absolute atomic E-state index is 10.8. The molecule has 0 aromatic rings. The molecule has 2 spiro atoms. The third kappa shape index (κ3) is 3.03. The molecule has 1 N–H and O–H groups in total. The molecular formula is C30H50O3. The van der Waals surface area contributed by atoms with E-state index >= 15 is 0 Å². The Balaban J connectivity index is 1.22. The Hall–Kier alpha value is -0.120. The van der Waals surface area contributed by atoms with Crippen LogP contribution in [0.3, 0.4) is 0 Å². The van der Waals surface area contributed by atoms with Gasteiger partial charge in [-0.15, -0.1) is 0 Å². The Morgan fingerprint density at radius 3 is 2.42 bits per heavy atom. The lowest BCUT2D eigenvalue weighted by Gasteiger charge is -2.59. The molecule has 0 radical (unpaired) electrons. The third-order valence-corrected chi connectivity index (χ3v) is 12.9. The summed E-state index contributed by atoms with van der Waals surface area (Å²) in [6, 6.07) is 0. The van der Waals surface area contributed by atoms with Crippen LogP contribution >= 0.6 is 0 Å². The fourth-order valence-corrected chi connectivity index (χ4v) is 11.5. The zero-order chi connectivity index (χ0) is 23.4. The molecule has 188 valence electrons. The quantitative estimate of drug-likeness (QED) is 0.506. The number of aliphatic hydroxyl groups excluding tert-OH is 1. The molecule has 0 aromatic heterocycles. The molecule has 3 nitrogen and oxygen atoms in total. The molecule has 0 aromatic carbocycles. The van der Waals surface area contributed by atoms with Gasteiger partial charge >= 0.3 is 0 Å². The van der Waals surface area contributed by atoms with Gasteiger partial charge in [-0.25, -0.2) is 0 Å². The molecule has 1 saturated heterocycles. The van der Waals surface area contributed by atoms with E-state index in [-0.39, 0.29) is 17.1 Å². The second kappa shape index (κ2) is 7.22. The third-order valence-electron chi connectivity index (χ3n) is 12.9. The first-order valence-electron chi connectivity index (χ1n) is 14.5. The van der Waals surface area contributed by atoms with Crippen molar-refractivity contribution >= 4 is 0 Å². The highest BCUT2D eigenvalue weighted by Gasteiger charge is 2.80. The van der Waals surface area contributed by atoms with E-state index in [9.17, 15) is 5.11 Å². The van der Waals surface area contributed by atoms with Crippen molar-refractivity contribution in [1.82, 2.24) is 0 Å². The number of hydrogen-bond acceptors (Lipinski definition) is 3. The summed E-state index contributed by atoms with van der Waals surface area (Å²) in [5.74, 6) is 3.27. The van der Waals surface area contributed by atoms with Gasteiger partial charge in [-0.1, -0.05) is 20.8 Å². The molecule has 3 heteroatoms. The minimum Gasteiger partial charge on any atom is -0.393 e. The standard InChI is InChI=1S/C30H50O3/c1-7-32-26(2,3)17-19-8-9-21-23(33-19)16-22-20-10-11-24-27(4,5)25(31)12-13-30(24)18-29(20,30)15-14-28(21,22)6/h19-25,31H,7-18H2,1-6H3. The van der Waals surface area contributed by atoms with Crippen LogP contribution in [0.2, 0.25) is 0 Å². The monoisotopic (exact) mass is 458 g/mol. The largest absolute Gasteiger partial charge is 0.393 e. The average molecular weight is 459 g/mol. The van der Waals surface area contributed by atoms with Crippen LogP contribution in [0.25, 0.3) is 0 Å². The van der Waals surface area contributed by atoms with Gasteiger partial charge in [0.2, 0.25) is 0 Å². The van der Waals surface area contributed by atoms with E-state index in [0.29, 0.717) is 28.5 Å². The van der Waals surface area contributed by atoms with Crippen LogP contribution in [0.5, 0.6) is 0 Å². The first kappa shape index (κ1) is 23.3. The van der Waals surface area contributed by atoms with E-state index in [1.165, 1.54) is 57.8 Å². The van der Waals surface area contributed by atoms with Crippen LogP contribution < -0.4 is 0 Å². The number of aliphatic hydroxyl groups is 1. The predicted molar refractivity (Wildman–Crippen MR) is 132 cm³/mol. The fourth-order valence-electron chi connectivity index (χ4n) is 11.5. The summed E-state index contributed by atoms with van der Waals surface area (Å²) >= 11 is 0. The molecule has 5 saturated carbocycles. The smallest absolute Gasteiger partial charge is 0.0651 e. The van der Waals surface area contributed by atoms with E-state index in [4.69, 9.17) is 9.47 Å². The molecule has 6 rings (SSSR count). The van der Waals surface area contributed by atoms with E-state index in [0.717, 1.165) is 43.1 Å². The van der Waals surface area contributed by atoms with E-state index in [1.54, 1.807) is 0 Å². The fraction of sp³-hybridized carbons (Fsp3) is 1.00. The summed E-state index contributed by atoms with van der Waals surface area (Å²) in [4.78, 5) is 0. The van der Waals surface area contributed by atoms with Crippen LogP contribution in [0.4, 0.5) is 0 Å². The lowest BCUT2D eigenvalue weighted by atomic mass is 9.46. The van der Waals surface area contributed by atoms with Crippen molar-refractivity contribution < 1.29 is 14.6 Å². The van der Waals surface area contributed by atoms with Gasteiger partial charge in [-0.05, 0) is 130 Å². The summed E-state index contributed by atoms with van der Waals surface area (Å²) in [7, 11) is 0. The van der Waals surface area contributed by atoms with Gasteiger partial charge in [-0.3, -0.25) is 0 Å². The second-order valence-corrected chi connectivity index (χ2v) is 14.8. The zero-order valence-corrected chi connectivity index (χ0v) is 22.3. The molecule has 0 bridgehead atoms. The van der Waals surface area contributed by atoms with Crippen LogP contribution in [-0.4, -0.2) is 35.6 Å². The molecule has 33 heavy (non-hydrogen) atoms. The predicted octanol–water partition coefficient (Wildman–Crippen LogP) is 6.76. The number of fused-ring (bicyclic) bond motifs is 4. The Morgan fingerprint density at radius 2 is 1.67 bits per heavy atom. The van der Waals surface area contributed by atoms with Crippen LogP contribution in [0.1, 0.15) is 112 Å². The molecule has 10 atom stereocenters. The highest BCUT2D eigenvalue weighted by Crippen LogP contribution is 2.87. The molecule has 1 aliphatic heterocycles. The number of rotatable bonds is 4. The number of ether oxygens (including phenoxy) is 2. The molecular weight excluding hydrogens is 408 g/mol. The van der Waals surface area contributed by atoms with Gasteiger partial charge in [0.1, 0.15) is 0 Å². The van der Waals surface area contributed by atoms with E-state index < -0.39 is 0 Å². The van der Waals surface area contributed by atoms with E-state index in [1.807, 2.05) is 0 Å². The maximum Gasteiger partial charge on any atom is 0.0651 e. The summed E-state index contributed by atoms with van der Waals surface area (Å²) < 4.78 is 12.9. The summed E-state index contributed by atoms with van der Waals surface area (Å²) in [5.41, 5.74) is 1.66. The van der Waals surface area contributed by atoms with Crippen molar-refractivity contribution in [2.45, 2.75) is 136 Å². The maximum atomic E-state index is 10.8. The molecule has 6 aliphatic rings. The van der Waals surface area contributed by atoms with Crippen molar-refractivity contribution in [3.05, 3.63) is 0 Å².